The first-order valence-electron chi connectivity index (χ1n) is 4.69. The smallest absolute Gasteiger partial charge is 0.0180 e. The lowest BCUT2D eigenvalue weighted by molar-refractivity contribution is 0.297. The number of likely N-dealkylation sites (tertiary alicyclic amines) is 1. The van der Waals surface area contributed by atoms with E-state index >= 15 is 0 Å². The summed E-state index contributed by atoms with van der Waals surface area (Å²) in [6.07, 6.45) is 3.36. The van der Waals surface area contributed by atoms with Crippen molar-refractivity contribution in [2.24, 2.45) is 11.7 Å². The molecule has 72 valence electrons. The first-order valence-corrected chi connectivity index (χ1v) is 6.08. The second-order valence-electron chi connectivity index (χ2n) is 3.87. The summed E-state index contributed by atoms with van der Waals surface area (Å²) in [6, 6.07) is 0.437. The number of hydrogen-bond donors (Lipinski definition) is 1. The maximum absolute atomic E-state index is 5.83. The van der Waals surface area contributed by atoms with E-state index in [4.69, 9.17) is 5.73 Å². The lowest BCUT2D eigenvalue weighted by Gasteiger charge is -2.19. The minimum atomic E-state index is 0.437. The van der Waals surface area contributed by atoms with E-state index in [2.05, 4.69) is 18.1 Å². The Morgan fingerprint density at radius 1 is 1.67 bits per heavy atom. The molecule has 1 aliphatic heterocycles. The van der Waals surface area contributed by atoms with Crippen LogP contribution in [0.25, 0.3) is 0 Å². The molecule has 0 aromatic heterocycles. The molecule has 0 saturated carbocycles. The third-order valence-electron chi connectivity index (χ3n) is 2.33. The fraction of sp³-hybridized carbons (Fsp3) is 1.00. The van der Waals surface area contributed by atoms with Gasteiger partial charge >= 0.3 is 0 Å². The predicted molar refractivity (Wildman–Crippen MR) is 56.6 cm³/mol. The van der Waals surface area contributed by atoms with Gasteiger partial charge in [-0.15, -0.1) is 0 Å². The summed E-state index contributed by atoms with van der Waals surface area (Å²) in [5, 5.41) is 0. The van der Waals surface area contributed by atoms with Crippen molar-refractivity contribution >= 4 is 11.8 Å². The average molecular weight is 188 g/mol. The summed E-state index contributed by atoms with van der Waals surface area (Å²) in [7, 11) is 0. The molecule has 1 heterocycles. The van der Waals surface area contributed by atoms with Crippen molar-refractivity contribution in [2.45, 2.75) is 19.4 Å². The Balaban J connectivity index is 2.14. The quantitative estimate of drug-likeness (QED) is 0.714. The summed E-state index contributed by atoms with van der Waals surface area (Å²) in [5.74, 6) is 2.08. The number of rotatable bonds is 4. The van der Waals surface area contributed by atoms with Gasteiger partial charge in [-0.25, -0.2) is 0 Å². The molecule has 3 heteroatoms. The van der Waals surface area contributed by atoms with Gasteiger partial charge in [-0.05, 0) is 30.9 Å². The Morgan fingerprint density at radius 2 is 2.42 bits per heavy atom. The first-order chi connectivity index (χ1) is 5.72. The zero-order valence-corrected chi connectivity index (χ0v) is 8.94. The Hall–Kier alpha value is 0.270. The molecular formula is C9H20N2S. The molecule has 1 aliphatic rings. The number of nitrogens with zero attached hydrogens (tertiary/aromatic N) is 1. The Kier molecular flexibility index (Phi) is 4.40. The zero-order chi connectivity index (χ0) is 8.97. The Bertz CT molecular complexity index is 130. The summed E-state index contributed by atoms with van der Waals surface area (Å²) in [6.45, 7) is 5.87. The van der Waals surface area contributed by atoms with Gasteiger partial charge in [0.1, 0.15) is 0 Å². The molecular weight excluding hydrogens is 168 g/mol. The molecule has 0 bridgehead atoms. The van der Waals surface area contributed by atoms with Gasteiger partial charge in [0, 0.05) is 19.1 Å². The summed E-state index contributed by atoms with van der Waals surface area (Å²) in [5.41, 5.74) is 5.83. The monoisotopic (exact) mass is 188 g/mol. The molecule has 12 heavy (non-hydrogen) atoms. The van der Waals surface area contributed by atoms with Crippen LogP contribution in [0.4, 0.5) is 0 Å². The van der Waals surface area contributed by atoms with E-state index in [-0.39, 0.29) is 0 Å². The minimum absolute atomic E-state index is 0.437. The van der Waals surface area contributed by atoms with Crippen molar-refractivity contribution in [3.63, 3.8) is 0 Å². The lowest BCUT2D eigenvalue weighted by atomic mass is 10.2. The van der Waals surface area contributed by atoms with E-state index in [1.165, 1.54) is 25.3 Å². The number of thioether (sulfide) groups is 1. The molecule has 2 atom stereocenters. The maximum Gasteiger partial charge on any atom is 0.0180 e. The van der Waals surface area contributed by atoms with Gasteiger partial charge in [0.05, 0.1) is 0 Å². The molecule has 0 aromatic rings. The number of hydrogen-bond acceptors (Lipinski definition) is 3. The molecule has 1 saturated heterocycles. The van der Waals surface area contributed by atoms with Crippen LogP contribution in [0.3, 0.4) is 0 Å². The highest BCUT2D eigenvalue weighted by Gasteiger charge is 2.19. The minimum Gasteiger partial charge on any atom is -0.326 e. The van der Waals surface area contributed by atoms with Crippen molar-refractivity contribution in [2.75, 3.05) is 31.6 Å². The van der Waals surface area contributed by atoms with Crippen LogP contribution in [-0.2, 0) is 0 Å². The first kappa shape index (κ1) is 10.4. The van der Waals surface area contributed by atoms with Crippen molar-refractivity contribution < 1.29 is 0 Å². The molecule has 2 unspecified atom stereocenters. The second kappa shape index (κ2) is 5.10. The van der Waals surface area contributed by atoms with Crippen LogP contribution in [0.2, 0.25) is 0 Å². The third-order valence-corrected chi connectivity index (χ3v) is 3.23. The third kappa shape index (κ3) is 3.33. The topological polar surface area (TPSA) is 29.3 Å². The van der Waals surface area contributed by atoms with E-state index in [0.717, 1.165) is 12.5 Å². The fourth-order valence-electron chi connectivity index (χ4n) is 1.81. The van der Waals surface area contributed by atoms with Crippen molar-refractivity contribution in [1.82, 2.24) is 4.90 Å². The van der Waals surface area contributed by atoms with E-state index in [9.17, 15) is 0 Å². The molecule has 1 rings (SSSR count). The van der Waals surface area contributed by atoms with Crippen LogP contribution in [-0.4, -0.2) is 42.6 Å². The summed E-state index contributed by atoms with van der Waals surface area (Å²) in [4.78, 5) is 2.49. The van der Waals surface area contributed by atoms with Crippen molar-refractivity contribution in [3.05, 3.63) is 0 Å². The Morgan fingerprint density at radius 3 is 2.92 bits per heavy atom. The highest BCUT2D eigenvalue weighted by Crippen LogP contribution is 2.12. The van der Waals surface area contributed by atoms with Crippen LogP contribution in [0, 0.1) is 5.92 Å². The van der Waals surface area contributed by atoms with Gasteiger partial charge in [0.15, 0.2) is 0 Å². The second-order valence-corrected chi connectivity index (χ2v) is 4.78. The van der Waals surface area contributed by atoms with Gasteiger partial charge in [-0.2, -0.15) is 11.8 Å². The highest BCUT2D eigenvalue weighted by atomic mass is 32.2. The van der Waals surface area contributed by atoms with Crippen molar-refractivity contribution in [3.8, 4) is 0 Å². The normalized spacial score (nSPS) is 27.8. The number of nitrogens with two attached hydrogens (primary N) is 1. The van der Waals surface area contributed by atoms with E-state index in [0.29, 0.717) is 6.04 Å². The molecule has 0 radical (unpaired) electrons. The van der Waals surface area contributed by atoms with Crippen molar-refractivity contribution in [1.29, 1.82) is 0 Å². The Labute approximate surface area is 79.9 Å². The zero-order valence-electron chi connectivity index (χ0n) is 8.12. The lowest BCUT2D eigenvalue weighted by Crippen LogP contribution is -2.30. The van der Waals surface area contributed by atoms with Gasteiger partial charge < -0.3 is 10.6 Å². The van der Waals surface area contributed by atoms with E-state index in [1.807, 2.05) is 11.8 Å². The van der Waals surface area contributed by atoms with E-state index in [1.54, 1.807) is 0 Å². The predicted octanol–water partition coefficient (Wildman–Crippen LogP) is 1.02. The van der Waals surface area contributed by atoms with Gasteiger partial charge in [-0.1, -0.05) is 6.92 Å². The summed E-state index contributed by atoms with van der Waals surface area (Å²) >= 11 is 1.94. The van der Waals surface area contributed by atoms with Crippen LogP contribution in [0.1, 0.15) is 13.3 Å². The molecule has 1 fully saturated rings. The molecule has 0 aromatic carbocycles. The molecule has 0 aliphatic carbocycles. The van der Waals surface area contributed by atoms with Crippen LogP contribution in [0.15, 0.2) is 0 Å². The highest BCUT2D eigenvalue weighted by molar-refractivity contribution is 7.98. The maximum atomic E-state index is 5.83. The van der Waals surface area contributed by atoms with Gasteiger partial charge in [0.2, 0.25) is 0 Å². The van der Waals surface area contributed by atoms with E-state index < -0.39 is 0 Å². The molecule has 2 N–H and O–H groups in total. The van der Waals surface area contributed by atoms with Gasteiger partial charge in [-0.3, -0.25) is 0 Å². The van der Waals surface area contributed by atoms with Crippen LogP contribution >= 0.6 is 11.8 Å². The average Bonchev–Trinajstić information content (AvgIpc) is 2.36. The van der Waals surface area contributed by atoms with Gasteiger partial charge in [0.25, 0.3) is 0 Å². The SMILES string of the molecule is CSCC(C)CN1CCC(N)C1. The molecule has 0 spiro atoms. The fourth-order valence-corrected chi connectivity index (χ4v) is 2.48. The summed E-state index contributed by atoms with van der Waals surface area (Å²) < 4.78 is 0. The standard InChI is InChI=1S/C9H20N2S/c1-8(7-12-2)5-11-4-3-9(10)6-11/h8-9H,3-7,10H2,1-2H3. The molecule has 0 amide bonds. The molecule has 2 nitrogen and oxygen atoms in total. The van der Waals surface area contributed by atoms with Crippen LogP contribution < -0.4 is 5.73 Å². The van der Waals surface area contributed by atoms with Crippen LogP contribution in [0.5, 0.6) is 0 Å². The largest absolute Gasteiger partial charge is 0.326 e.